The predicted octanol–water partition coefficient (Wildman–Crippen LogP) is 11.0. The van der Waals surface area contributed by atoms with Crippen LogP contribution in [0.1, 0.15) is 11.1 Å². The molecule has 2 heterocycles. The van der Waals surface area contributed by atoms with Crippen LogP contribution >= 0.6 is 0 Å². The Morgan fingerprint density at radius 3 is 1.67 bits per heavy atom. The molecule has 9 rings (SSSR count). The fraction of sp³-hybridized carbons (Fsp3) is 0. The second kappa shape index (κ2) is 10.9. The van der Waals surface area contributed by atoms with E-state index >= 15 is 0 Å². The van der Waals surface area contributed by atoms with E-state index in [1.54, 1.807) is 6.07 Å². The van der Waals surface area contributed by atoms with E-state index in [1.165, 1.54) is 5.39 Å². The van der Waals surface area contributed by atoms with Gasteiger partial charge in [-0.05, 0) is 77.9 Å². The molecule has 0 aliphatic rings. The SMILES string of the molecule is N#Cc1ccc(-c2c(-c3ccc4c(c3)c3ccccc3n4-c3ccccc3)ccc3c2c2ccccc2n3-c2ccccc2)c(C#N)c1. The molecule has 0 bridgehead atoms. The first kappa shape index (κ1) is 27.4. The summed E-state index contributed by atoms with van der Waals surface area (Å²) in [6, 6.07) is 59.0. The third-order valence-electron chi connectivity index (χ3n) is 9.39. The third-order valence-corrected chi connectivity index (χ3v) is 9.39. The van der Waals surface area contributed by atoms with Crippen LogP contribution in [-0.4, -0.2) is 9.13 Å². The number of nitriles is 2. The zero-order valence-corrected chi connectivity index (χ0v) is 25.8. The molecule has 48 heavy (non-hydrogen) atoms. The molecule has 0 unspecified atom stereocenters. The summed E-state index contributed by atoms with van der Waals surface area (Å²) in [7, 11) is 0. The average Bonchev–Trinajstić information content (AvgIpc) is 3.67. The maximum Gasteiger partial charge on any atom is 0.0998 e. The Morgan fingerprint density at radius 2 is 0.979 bits per heavy atom. The van der Waals surface area contributed by atoms with Crippen molar-refractivity contribution < 1.29 is 0 Å². The van der Waals surface area contributed by atoms with E-state index in [-0.39, 0.29) is 0 Å². The molecule has 7 aromatic carbocycles. The number of hydrogen-bond acceptors (Lipinski definition) is 2. The third kappa shape index (κ3) is 4.07. The maximum atomic E-state index is 10.4. The minimum atomic E-state index is 0.464. The molecule has 9 aromatic rings. The predicted molar refractivity (Wildman–Crippen MR) is 195 cm³/mol. The zero-order chi connectivity index (χ0) is 32.2. The molecule has 0 atom stereocenters. The van der Waals surface area contributed by atoms with Crippen molar-refractivity contribution in [3.8, 4) is 45.8 Å². The lowest BCUT2D eigenvalue weighted by atomic mass is 9.87. The van der Waals surface area contributed by atoms with Crippen LogP contribution in [0, 0.1) is 22.7 Å². The molecule has 2 aromatic heterocycles. The molecule has 0 aliphatic carbocycles. The standard InChI is InChI=1S/C44H26N4/c45-27-29-19-21-35(31(25-29)28-46)43-34(22-24-42-44(43)37-16-8-10-18-40(37)48(42)33-13-5-2-6-14-33)30-20-23-41-38(26-30)36-15-7-9-17-39(36)47(41)32-11-3-1-4-12-32/h1-26H. The molecular weight excluding hydrogens is 585 g/mol. The Kier molecular flexibility index (Phi) is 6.22. The lowest BCUT2D eigenvalue weighted by Crippen LogP contribution is -1.95. The summed E-state index contributed by atoms with van der Waals surface area (Å²) in [6.07, 6.45) is 0. The Bertz CT molecular complexity index is 2790. The van der Waals surface area contributed by atoms with Gasteiger partial charge in [0.25, 0.3) is 0 Å². The number of para-hydroxylation sites is 4. The number of hydrogen-bond donors (Lipinski definition) is 0. The molecule has 0 spiro atoms. The molecule has 0 aliphatic heterocycles. The molecule has 0 N–H and O–H groups in total. The number of rotatable bonds is 4. The van der Waals surface area contributed by atoms with Crippen LogP contribution < -0.4 is 0 Å². The zero-order valence-electron chi connectivity index (χ0n) is 25.8. The monoisotopic (exact) mass is 610 g/mol. The highest BCUT2D eigenvalue weighted by Gasteiger charge is 2.22. The Labute approximate surface area is 277 Å². The summed E-state index contributed by atoms with van der Waals surface area (Å²) in [5, 5.41) is 24.6. The van der Waals surface area contributed by atoms with E-state index in [0.29, 0.717) is 11.1 Å². The van der Waals surface area contributed by atoms with Crippen LogP contribution in [0.2, 0.25) is 0 Å². The molecule has 0 amide bonds. The van der Waals surface area contributed by atoms with Gasteiger partial charge < -0.3 is 9.13 Å². The van der Waals surface area contributed by atoms with Gasteiger partial charge in [0.1, 0.15) is 0 Å². The van der Waals surface area contributed by atoms with Crippen molar-refractivity contribution >= 4 is 43.6 Å². The van der Waals surface area contributed by atoms with Crippen LogP contribution in [0.3, 0.4) is 0 Å². The lowest BCUT2D eigenvalue weighted by Gasteiger charge is -2.16. The minimum absolute atomic E-state index is 0.464. The fourth-order valence-electron chi connectivity index (χ4n) is 7.36. The molecule has 4 nitrogen and oxygen atoms in total. The maximum absolute atomic E-state index is 10.4. The van der Waals surface area contributed by atoms with E-state index < -0.39 is 0 Å². The van der Waals surface area contributed by atoms with Gasteiger partial charge in [-0.15, -0.1) is 0 Å². The number of aromatic nitrogens is 2. The topological polar surface area (TPSA) is 57.4 Å². The second-order valence-electron chi connectivity index (χ2n) is 12.0. The van der Waals surface area contributed by atoms with Gasteiger partial charge in [-0.1, -0.05) is 91.0 Å². The van der Waals surface area contributed by atoms with Crippen LogP contribution in [0.15, 0.2) is 158 Å². The van der Waals surface area contributed by atoms with Crippen LogP contribution in [0.5, 0.6) is 0 Å². The van der Waals surface area contributed by atoms with E-state index in [1.807, 2.05) is 24.3 Å². The minimum Gasteiger partial charge on any atom is -0.309 e. The van der Waals surface area contributed by atoms with Crippen molar-refractivity contribution in [2.45, 2.75) is 0 Å². The van der Waals surface area contributed by atoms with Crippen molar-refractivity contribution in [1.29, 1.82) is 10.5 Å². The smallest absolute Gasteiger partial charge is 0.0998 e. The molecule has 4 heteroatoms. The van der Waals surface area contributed by atoms with Crippen molar-refractivity contribution in [1.82, 2.24) is 9.13 Å². The van der Waals surface area contributed by atoms with Gasteiger partial charge >= 0.3 is 0 Å². The largest absolute Gasteiger partial charge is 0.309 e. The summed E-state index contributed by atoms with van der Waals surface area (Å²) >= 11 is 0. The van der Waals surface area contributed by atoms with Gasteiger partial charge in [0.15, 0.2) is 0 Å². The van der Waals surface area contributed by atoms with Crippen LogP contribution in [0.25, 0.3) is 77.2 Å². The Morgan fingerprint density at radius 1 is 0.417 bits per heavy atom. The summed E-state index contributed by atoms with van der Waals surface area (Å²) in [6.45, 7) is 0. The van der Waals surface area contributed by atoms with Gasteiger partial charge in [0.2, 0.25) is 0 Å². The highest BCUT2D eigenvalue weighted by Crippen LogP contribution is 2.46. The highest BCUT2D eigenvalue weighted by molar-refractivity contribution is 6.20. The van der Waals surface area contributed by atoms with Crippen LogP contribution in [0.4, 0.5) is 0 Å². The number of nitrogens with zero attached hydrogens (tertiary/aromatic N) is 4. The van der Waals surface area contributed by atoms with Crippen LogP contribution in [-0.2, 0) is 0 Å². The van der Waals surface area contributed by atoms with Gasteiger partial charge in [0, 0.05) is 44.0 Å². The molecule has 0 radical (unpaired) electrons. The second-order valence-corrected chi connectivity index (χ2v) is 12.0. The molecule has 0 saturated heterocycles. The van der Waals surface area contributed by atoms with Crippen molar-refractivity contribution in [2.24, 2.45) is 0 Å². The van der Waals surface area contributed by atoms with Gasteiger partial charge in [0.05, 0.1) is 45.3 Å². The van der Waals surface area contributed by atoms with Gasteiger partial charge in [-0.25, -0.2) is 0 Å². The highest BCUT2D eigenvalue weighted by atomic mass is 15.0. The molecular formula is C44H26N4. The average molecular weight is 611 g/mol. The molecule has 0 saturated carbocycles. The fourth-order valence-corrected chi connectivity index (χ4v) is 7.36. The normalized spacial score (nSPS) is 11.3. The first-order valence-corrected chi connectivity index (χ1v) is 15.9. The van der Waals surface area contributed by atoms with E-state index in [9.17, 15) is 10.5 Å². The lowest BCUT2D eigenvalue weighted by molar-refractivity contribution is 1.18. The number of fused-ring (bicyclic) bond motifs is 6. The Hall–Kier alpha value is -6.88. The van der Waals surface area contributed by atoms with E-state index in [0.717, 1.165) is 71.9 Å². The summed E-state index contributed by atoms with van der Waals surface area (Å²) < 4.78 is 4.62. The summed E-state index contributed by atoms with van der Waals surface area (Å²) in [4.78, 5) is 0. The molecule has 0 fully saturated rings. The first-order valence-electron chi connectivity index (χ1n) is 15.9. The Balaban J connectivity index is 1.41. The van der Waals surface area contributed by atoms with E-state index in [4.69, 9.17) is 0 Å². The van der Waals surface area contributed by atoms with Crippen molar-refractivity contribution in [2.75, 3.05) is 0 Å². The van der Waals surface area contributed by atoms with Gasteiger partial charge in [-0.3, -0.25) is 0 Å². The summed E-state index contributed by atoms with van der Waals surface area (Å²) in [5.41, 5.74) is 11.4. The summed E-state index contributed by atoms with van der Waals surface area (Å²) in [5.74, 6) is 0. The van der Waals surface area contributed by atoms with E-state index in [2.05, 4.69) is 149 Å². The number of benzene rings is 7. The molecule has 222 valence electrons. The van der Waals surface area contributed by atoms with Crippen molar-refractivity contribution in [3.63, 3.8) is 0 Å². The first-order chi connectivity index (χ1) is 23.7. The quantitative estimate of drug-likeness (QED) is 0.199. The van der Waals surface area contributed by atoms with Crippen molar-refractivity contribution in [3.05, 3.63) is 169 Å². The van der Waals surface area contributed by atoms with Gasteiger partial charge in [-0.2, -0.15) is 10.5 Å².